The Kier molecular flexibility index (Phi) is 6.01. The van der Waals surface area contributed by atoms with Gasteiger partial charge in [0.15, 0.2) is 6.61 Å². The van der Waals surface area contributed by atoms with Gasteiger partial charge in [-0.3, -0.25) is 24.1 Å². The summed E-state index contributed by atoms with van der Waals surface area (Å²) >= 11 is 11.8. The van der Waals surface area contributed by atoms with Crippen molar-refractivity contribution in [2.45, 2.75) is 25.7 Å². The Bertz CT molecular complexity index is 774. The van der Waals surface area contributed by atoms with Gasteiger partial charge in [-0.05, 0) is 31.0 Å². The number of esters is 1. The molecule has 1 saturated heterocycles. The van der Waals surface area contributed by atoms with Gasteiger partial charge in [0.2, 0.25) is 11.8 Å². The highest BCUT2D eigenvalue weighted by Crippen LogP contribution is 2.37. The van der Waals surface area contributed by atoms with Gasteiger partial charge >= 0.3 is 5.97 Å². The predicted octanol–water partition coefficient (Wildman–Crippen LogP) is 2.65. The molecule has 1 aliphatic carbocycles. The van der Waals surface area contributed by atoms with Crippen LogP contribution in [0.2, 0.25) is 10.0 Å². The van der Waals surface area contributed by atoms with Crippen LogP contribution in [0.5, 0.6) is 0 Å². The first kappa shape index (κ1) is 19.6. The van der Waals surface area contributed by atoms with Crippen LogP contribution >= 0.6 is 23.2 Å². The number of nitrogens with one attached hydrogen (secondary N) is 1. The molecule has 3 amide bonds. The number of carbonyl (C=O) groups is 4. The lowest BCUT2D eigenvalue weighted by molar-refractivity contribution is -0.154. The molecular formula is C18H18Cl2N2O5. The summed E-state index contributed by atoms with van der Waals surface area (Å²) in [6.07, 6.45) is 3.16. The Morgan fingerprint density at radius 3 is 2.37 bits per heavy atom. The molecule has 1 aliphatic heterocycles. The number of imide groups is 1. The number of rotatable bonds is 5. The minimum atomic E-state index is -0.817. The molecule has 0 unspecified atom stereocenters. The Morgan fingerprint density at radius 2 is 1.74 bits per heavy atom. The SMILES string of the molecule is O=C(COC(=O)CN1C(=O)[C@@H]2CCCC[C@H]2C1=O)Nc1cc(Cl)ccc1Cl. The van der Waals surface area contributed by atoms with E-state index in [1.54, 1.807) is 6.07 Å². The van der Waals surface area contributed by atoms with Crippen molar-refractivity contribution in [2.24, 2.45) is 11.8 Å². The number of hydrogen-bond donors (Lipinski definition) is 1. The summed E-state index contributed by atoms with van der Waals surface area (Å²) in [5, 5.41) is 3.15. The maximum absolute atomic E-state index is 12.3. The van der Waals surface area contributed by atoms with Gasteiger partial charge in [0, 0.05) is 5.02 Å². The Labute approximate surface area is 165 Å². The normalized spacial score (nSPS) is 21.8. The van der Waals surface area contributed by atoms with E-state index in [0.29, 0.717) is 23.6 Å². The summed E-state index contributed by atoms with van der Waals surface area (Å²) < 4.78 is 4.88. The van der Waals surface area contributed by atoms with Crippen LogP contribution in [0.25, 0.3) is 0 Å². The van der Waals surface area contributed by atoms with Gasteiger partial charge in [-0.2, -0.15) is 0 Å². The lowest BCUT2D eigenvalue weighted by Crippen LogP contribution is -2.37. The highest BCUT2D eigenvalue weighted by Gasteiger charge is 2.48. The van der Waals surface area contributed by atoms with Gasteiger partial charge in [-0.15, -0.1) is 0 Å². The van der Waals surface area contributed by atoms with Gasteiger partial charge in [-0.25, -0.2) is 0 Å². The van der Waals surface area contributed by atoms with Gasteiger partial charge in [-0.1, -0.05) is 36.0 Å². The van der Waals surface area contributed by atoms with Crippen LogP contribution < -0.4 is 5.32 Å². The van der Waals surface area contributed by atoms with E-state index in [2.05, 4.69) is 5.32 Å². The second kappa shape index (κ2) is 8.27. The van der Waals surface area contributed by atoms with E-state index in [1.807, 2.05) is 0 Å². The number of ether oxygens (including phenoxy) is 1. The number of nitrogens with zero attached hydrogens (tertiary/aromatic N) is 1. The first-order valence-corrected chi connectivity index (χ1v) is 9.38. The molecule has 1 aromatic rings. The van der Waals surface area contributed by atoms with Gasteiger partial charge in [0.1, 0.15) is 6.54 Å². The monoisotopic (exact) mass is 412 g/mol. The molecule has 1 aromatic carbocycles. The van der Waals surface area contributed by atoms with Crippen LogP contribution in [0.15, 0.2) is 18.2 Å². The molecule has 9 heteroatoms. The maximum atomic E-state index is 12.3. The van der Waals surface area contributed by atoms with E-state index in [9.17, 15) is 19.2 Å². The van der Waals surface area contributed by atoms with Crippen molar-refractivity contribution in [2.75, 3.05) is 18.5 Å². The number of anilines is 1. The van der Waals surface area contributed by atoms with E-state index in [0.717, 1.165) is 17.7 Å². The smallest absolute Gasteiger partial charge is 0.326 e. The Hall–Kier alpha value is -2.12. The summed E-state index contributed by atoms with van der Waals surface area (Å²) in [7, 11) is 0. The first-order valence-electron chi connectivity index (χ1n) is 8.62. The van der Waals surface area contributed by atoms with Crippen molar-refractivity contribution in [3.8, 4) is 0 Å². The van der Waals surface area contributed by atoms with Crippen molar-refractivity contribution in [1.82, 2.24) is 4.90 Å². The molecule has 2 fully saturated rings. The summed E-state index contributed by atoms with van der Waals surface area (Å²) in [5.74, 6) is -2.73. The lowest BCUT2D eigenvalue weighted by atomic mass is 9.81. The minimum absolute atomic E-state index is 0.287. The number of benzene rings is 1. The second-order valence-corrected chi connectivity index (χ2v) is 7.44. The molecule has 3 rings (SSSR count). The molecule has 2 aliphatic rings. The zero-order valence-corrected chi connectivity index (χ0v) is 15.9. The average Bonchev–Trinajstić information content (AvgIpc) is 2.88. The van der Waals surface area contributed by atoms with Crippen LogP contribution in [0.1, 0.15) is 25.7 Å². The number of fused-ring (bicyclic) bond motifs is 1. The maximum Gasteiger partial charge on any atom is 0.326 e. The van der Waals surface area contributed by atoms with Gasteiger partial charge < -0.3 is 10.1 Å². The highest BCUT2D eigenvalue weighted by atomic mass is 35.5. The molecule has 0 bridgehead atoms. The summed E-state index contributed by atoms with van der Waals surface area (Å²) in [4.78, 5) is 49.5. The fourth-order valence-corrected chi connectivity index (χ4v) is 3.82. The van der Waals surface area contributed by atoms with E-state index in [4.69, 9.17) is 27.9 Å². The largest absolute Gasteiger partial charge is 0.454 e. The van der Waals surface area contributed by atoms with Gasteiger partial charge in [0.05, 0.1) is 22.5 Å². The zero-order chi connectivity index (χ0) is 19.6. The van der Waals surface area contributed by atoms with Crippen molar-refractivity contribution in [1.29, 1.82) is 0 Å². The highest BCUT2D eigenvalue weighted by molar-refractivity contribution is 6.35. The van der Waals surface area contributed by atoms with Crippen LogP contribution in [0, 0.1) is 11.8 Å². The topological polar surface area (TPSA) is 92.8 Å². The fourth-order valence-electron chi connectivity index (χ4n) is 3.49. The molecular weight excluding hydrogens is 395 g/mol. The van der Waals surface area contributed by atoms with Crippen LogP contribution in [-0.4, -0.2) is 41.7 Å². The lowest BCUT2D eigenvalue weighted by Gasteiger charge is -2.19. The average molecular weight is 413 g/mol. The summed E-state index contributed by atoms with van der Waals surface area (Å²) in [6, 6.07) is 4.56. The Balaban J connectivity index is 1.51. The molecule has 27 heavy (non-hydrogen) atoms. The molecule has 1 saturated carbocycles. The first-order chi connectivity index (χ1) is 12.9. The molecule has 144 valence electrons. The van der Waals surface area contributed by atoms with Crippen LogP contribution in [0.4, 0.5) is 5.69 Å². The number of likely N-dealkylation sites (tertiary alicyclic amines) is 1. The molecule has 0 aromatic heterocycles. The third kappa shape index (κ3) is 4.42. The minimum Gasteiger partial charge on any atom is -0.454 e. The molecule has 2 atom stereocenters. The third-order valence-corrected chi connectivity index (χ3v) is 5.35. The van der Waals surface area contributed by atoms with Crippen LogP contribution in [0.3, 0.4) is 0 Å². The molecule has 1 N–H and O–H groups in total. The number of amides is 3. The van der Waals surface area contributed by atoms with Crippen molar-refractivity contribution in [3.05, 3.63) is 28.2 Å². The molecule has 1 heterocycles. The summed E-state index contributed by atoms with van der Waals surface area (Å²) in [5.41, 5.74) is 0.291. The van der Waals surface area contributed by atoms with Crippen molar-refractivity contribution >= 4 is 52.6 Å². The van der Waals surface area contributed by atoms with E-state index < -0.39 is 25.0 Å². The van der Waals surface area contributed by atoms with E-state index in [-0.39, 0.29) is 28.7 Å². The van der Waals surface area contributed by atoms with Crippen molar-refractivity contribution < 1.29 is 23.9 Å². The zero-order valence-electron chi connectivity index (χ0n) is 14.4. The number of halogens is 2. The standard InChI is InChI=1S/C18H18Cl2N2O5/c19-10-5-6-13(20)14(7-10)21-15(23)9-27-16(24)8-22-17(25)11-3-1-2-4-12(11)18(22)26/h5-7,11-12H,1-4,8-9H2,(H,21,23)/t11-,12-/m1/s1. The third-order valence-electron chi connectivity index (χ3n) is 4.79. The number of hydrogen-bond acceptors (Lipinski definition) is 5. The van der Waals surface area contributed by atoms with E-state index >= 15 is 0 Å². The quantitative estimate of drug-likeness (QED) is 0.592. The van der Waals surface area contributed by atoms with Gasteiger partial charge in [0.25, 0.3) is 5.91 Å². The fraction of sp³-hybridized carbons (Fsp3) is 0.444. The summed E-state index contributed by atoms with van der Waals surface area (Å²) in [6.45, 7) is -1.04. The Morgan fingerprint density at radius 1 is 1.11 bits per heavy atom. The van der Waals surface area contributed by atoms with Crippen LogP contribution in [-0.2, 0) is 23.9 Å². The second-order valence-electron chi connectivity index (χ2n) is 6.59. The predicted molar refractivity (Wildman–Crippen MR) is 98.2 cm³/mol. The molecule has 7 nitrogen and oxygen atoms in total. The molecule has 0 spiro atoms. The van der Waals surface area contributed by atoms with E-state index in [1.165, 1.54) is 12.1 Å². The van der Waals surface area contributed by atoms with Crippen molar-refractivity contribution in [3.63, 3.8) is 0 Å². The molecule has 0 radical (unpaired) electrons. The number of carbonyl (C=O) groups excluding carboxylic acids is 4.